The number of benzene rings is 1. The van der Waals surface area contributed by atoms with Crippen molar-refractivity contribution in [1.29, 1.82) is 0 Å². The van der Waals surface area contributed by atoms with E-state index in [-0.39, 0.29) is 0 Å². The van der Waals surface area contributed by atoms with E-state index in [9.17, 15) is 0 Å². The first-order valence-corrected chi connectivity index (χ1v) is 6.22. The molecule has 1 aromatic carbocycles. The van der Waals surface area contributed by atoms with Gasteiger partial charge in [0, 0.05) is 30.8 Å². The second-order valence-corrected chi connectivity index (χ2v) is 4.43. The maximum atomic E-state index is 5.38. The van der Waals surface area contributed by atoms with Crippen LogP contribution in [0.1, 0.15) is 5.56 Å². The Labute approximate surface area is 106 Å². The van der Waals surface area contributed by atoms with Crippen LogP contribution in [0.2, 0.25) is 0 Å². The van der Waals surface area contributed by atoms with Gasteiger partial charge in [0.15, 0.2) is 5.76 Å². The first-order valence-electron chi connectivity index (χ1n) is 6.22. The normalized spacial score (nSPS) is 16.9. The van der Waals surface area contributed by atoms with E-state index in [2.05, 4.69) is 10.1 Å². The lowest BCUT2D eigenvalue weighted by Crippen LogP contribution is -2.35. The van der Waals surface area contributed by atoms with Gasteiger partial charge in [-0.3, -0.25) is 4.90 Å². The summed E-state index contributed by atoms with van der Waals surface area (Å²) in [6.45, 7) is 4.44. The third kappa shape index (κ3) is 2.44. The number of morpholine rings is 1. The van der Waals surface area contributed by atoms with Gasteiger partial charge in [-0.15, -0.1) is 0 Å². The van der Waals surface area contributed by atoms with Crippen molar-refractivity contribution in [3.8, 4) is 11.3 Å². The number of aromatic nitrogens is 1. The fraction of sp³-hybridized carbons (Fsp3) is 0.357. The van der Waals surface area contributed by atoms with Gasteiger partial charge in [0.05, 0.1) is 19.4 Å². The predicted octanol–water partition coefficient (Wildman–Crippen LogP) is 2.17. The second kappa shape index (κ2) is 5.33. The van der Waals surface area contributed by atoms with Crippen LogP contribution in [0.25, 0.3) is 11.3 Å². The summed E-state index contributed by atoms with van der Waals surface area (Å²) >= 11 is 0. The molecule has 0 amide bonds. The maximum Gasteiger partial charge on any atom is 0.171 e. The van der Waals surface area contributed by atoms with Gasteiger partial charge in [-0.1, -0.05) is 35.5 Å². The minimum Gasteiger partial charge on any atom is -0.379 e. The van der Waals surface area contributed by atoms with E-state index in [1.165, 1.54) is 0 Å². The summed E-state index contributed by atoms with van der Waals surface area (Å²) in [4.78, 5) is 2.36. The van der Waals surface area contributed by atoms with Crippen LogP contribution in [0.4, 0.5) is 0 Å². The van der Waals surface area contributed by atoms with Crippen LogP contribution in [0.15, 0.2) is 41.1 Å². The molecule has 1 saturated heterocycles. The molecule has 2 heterocycles. The summed E-state index contributed by atoms with van der Waals surface area (Å²) in [6.07, 6.45) is 1.82. The zero-order chi connectivity index (χ0) is 12.2. The van der Waals surface area contributed by atoms with Gasteiger partial charge in [-0.2, -0.15) is 0 Å². The van der Waals surface area contributed by atoms with E-state index < -0.39 is 0 Å². The minimum atomic E-state index is 0.811. The summed E-state index contributed by atoms with van der Waals surface area (Å²) in [5, 5.41) is 3.93. The molecule has 4 heteroatoms. The van der Waals surface area contributed by atoms with E-state index >= 15 is 0 Å². The van der Waals surface area contributed by atoms with Crippen LogP contribution in [-0.4, -0.2) is 36.4 Å². The Morgan fingerprint density at radius 1 is 1.11 bits per heavy atom. The van der Waals surface area contributed by atoms with Gasteiger partial charge >= 0.3 is 0 Å². The zero-order valence-corrected chi connectivity index (χ0v) is 10.2. The second-order valence-electron chi connectivity index (χ2n) is 4.43. The Morgan fingerprint density at radius 2 is 1.89 bits per heavy atom. The predicted molar refractivity (Wildman–Crippen MR) is 68.0 cm³/mol. The highest BCUT2D eigenvalue weighted by Crippen LogP contribution is 2.24. The fourth-order valence-corrected chi connectivity index (χ4v) is 2.20. The molecule has 1 aromatic heterocycles. The summed E-state index contributed by atoms with van der Waals surface area (Å²) in [6, 6.07) is 10.1. The lowest BCUT2D eigenvalue weighted by molar-refractivity contribution is 0.0342. The molecule has 1 aliphatic rings. The highest BCUT2D eigenvalue weighted by molar-refractivity contribution is 5.60. The fourth-order valence-electron chi connectivity index (χ4n) is 2.20. The van der Waals surface area contributed by atoms with E-state index in [1.54, 1.807) is 0 Å². The van der Waals surface area contributed by atoms with E-state index in [1.807, 2.05) is 36.5 Å². The molecular formula is C14H16N2O2. The summed E-state index contributed by atoms with van der Waals surface area (Å²) in [5.74, 6) is 0.877. The molecule has 1 fully saturated rings. The molecule has 3 rings (SSSR count). The Kier molecular flexibility index (Phi) is 3.39. The van der Waals surface area contributed by atoms with Crippen molar-refractivity contribution in [2.75, 3.05) is 26.3 Å². The van der Waals surface area contributed by atoms with Crippen LogP contribution in [-0.2, 0) is 11.3 Å². The van der Waals surface area contributed by atoms with E-state index in [4.69, 9.17) is 9.26 Å². The van der Waals surface area contributed by atoms with E-state index in [0.717, 1.165) is 49.7 Å². The Balaban J connectivity index is 1.79. The molecule has 0 saturated carbocycles. The molecule has 0 N–H and O–H groups in total. The third-order valence-corrected chi connectivity index (χ3v) is 3.18. The highest BCUT2D eigenvalue weighted by Gasteiger charge is 2.16. The zero-order valence-electron chi connectivity index (χ0n) is 10.2. The molecule has 0 atom stereocenters. The van der Waals surface area contributed by atoms with Gasteiger partial charge < -0.3 is 9.26 Å². The Morgan fingerprint density at radius 3 is 2.67 bits per heavy atom. The van der Waals surface area contributed by atoms with Gasteiger partial charge in [-0.05, 0) is 0 Å². The van der Waals surface area contributed by atoms with Crippen molar-refractivity contribution < 1.29 is 9.26 Å². The SMILES string of the molecule is c1ccc(-c2oncc2CN2CCOCC2)cc1. The van der Waals surface area contributed by atoms with Gasteiger partial charge in [0.25, 0.3) is 0 Å². The number of ether oxygens (including phenoxy) is 1. The molecule has 0 aliphatic carbocycles. The molecule has 1 aliphatic heterocycles. The summed E-state index contributed by atoms with van der Waals surface area (Å²) in [7, 11) is 0. The van der Waals surface area contributed by atoms with Gasteiger partial charge in [-0.25, -0.2) is 0 Å². The van der Waals surface area contributed by atoms with Crippen LogP contribution in [0.3, 0.4) is 0 Å². The van der Waals surface area contributed by atoms with Gasteiger partial charge in [0.2, 0.25) is 0 Å². The number of nitrogens with zero attached hydrogens (tertiary/aromatic N) is 2. The van der Waals surface area contributed by atoms with Crippen LogP contribution < -0.4 is 0 Å². The van der Waals surface area contributed by atoms with Crippen molar-refractivity contribution >= 4 is 0 Å². The smallest absolute Gasteiger partial charge is 0.171 e. The van der Waals surface area contributed by atoms with Crippen molar-refractivity contribution in [2.45, 2.75) is 6.54 Å². The van der Waals surface area contributed by atoms with Gasteiger partial charge in [0.1, 0.15) is 0 Å². The third-order valence-electron chi connectivity index (χ3n) is 3.18. The average molecular weight is 244 g/mol. The molecule has 0 spiro atoms. The number of hydrogen-bond donors (Lipinski definition) is 0. The van der Waals surface area contributed by atoms with Crippen LogP contribution in [0, 0.1) is 0 Å². The first kappa shape index (κ1) is 11.4. The van der Waals surface area contributed by atoms with Crippen molar-refractivity contribution in [1.82, 2.24) is 10.1 Å². The maximum absolute atomic E-state index is 5.38. The number of hydrogen-bond acceptors (Lipinski definition) is 4. The molecule has 94 valence electrons. The molecule has 0 bridgehead atoms. The first-order chi connectivity index (χ1) is 8.93. The Hall–Kier alpha value is -1.65. The summed E-state index contributed by atoms with van der Waals surface area (Å²) < 4.78 is 10.7. The summed E-state index contributed by atoms with van der Waals surface area (Å²) in [5.41, 5.74) is 2.22. The van der Waals surface area contributed by atoms with Crippen LogP contribution >= 0.6 is 0 Å². The molecule has 0 unspecified atom stereocenters. The monoisotopic (exact) mass is 244 g/mol. The highest BCUT2D eigenvalue weighted by atomic mass is 16.5. The molecule has 18 heavy (non-hydrogen) atoms. The lowest BCUT2D eigenvalue weighted by atomic mass is 10.1. The standard InChI is InChI=1S/C14H16N2O2/c1-2-4-12(5-3-1)14-13(10-15-18-14)11-16-6-8-17-9-7-16/h1-5,10H,6-9,11H2. The topological polar surface area (TPSA) is 38.5 Å². The quantitative estimate of drug-likeness (QED) is 0.829. The average Bonchev–Trinajstić information content (AvgIpc) is 2.89. The Bertz CT molecular complexity index is 490. The molecular weight excluding hydrogens is 228 g/mol. The number of rotatable bonds is 3. The minimum absolute atomic E-state index is 0.811. The lowest BCUT2D eigenvalue weighted by Gasteiger charge is -2.26. The van der Waals surface area contributed by atoms with Crippen LogP contribution in [0.5, 0.6) is 0 Å². The van der Waals surface area contributed by atoms with E-state index in [0.29, 0.717) is 0 Å². The van der Waals surface area contributed by atoms with Crippen molar-refractivity contribution in [2.24, 2.45) is 0 Å². The van der Waals surface area contributed by atoms with Crippen molar-refractivity contribution in [3.05, 3.63) is 42.1 Å². The molecule has 0 radical (unpaired) electrons. The molecule has 2 aromatic rings. The van der Waals surface area contributed by atoms with Crippen molar-refractivity contribution in [3.63, 3.8) is 0 Å². The molecule has 4 nitrogen and oxygen atoms in total. The largest absolute Gasteiger partial charge is 0.379 e.